The maximum atomic E-state index is 2.84. The number of hydrogen-bond donors (Lipinski definition) is 0. The van der Waals surface area contributed by atoms with E-state index < -0.39 is 0 Å². The lowest BCUT2D eigenvalue weighted by atomic mass is 9.33. The van der Waals surface area contributed by atoms with E-state index in [-0.39, 0.29) is 60.9 Å². The molecule has 0 aromatic heterocycles. The summed E-state index contributed by atoms with van der Waals surface area (Å²) in [7, 11) is 0. The standard InChI is InChI=1S/C112H135BN2/c1-103(2,3)80-46-36-71(37-47-80)90-66-88(111(25,26)27)67-91(72-38-48-81(49-39-72)104(4,5)6)101(90)114-96-54-44-75(77-56-84(107(13,14)15)64-85(57-77)108(16,17)18)60-94(96)113-95-61-76(78-58-86(109(19,20)21)65-87(59-78)110(22,23)24)45-55-97(95)115(99-63-79(62-98(114)100(99)113)70-34-32-31-33-35-70)102-92(73-40-50-82(51-41-73)105(7,8)9)68-89(112(28,29)30)69-93(102)74-42-52-83(53-43-74)106(10,11)12/h36-70H,31-35H2,1-30H3. The lowest BCUT2D eigenvalue weighted by Gasteiger charge is -2.46. The summed E-state index contributed by atoms with van der Waals surface area (Å²) in [4.78, 5) is 5.69. The number of rotatable bonds is 9. The number of hydrogen-bond acceptors (Lipinski definition) is 2. The fourth-order valence-corrected chi connectivity index (χ4v) is 18.0. The summed E-state index contributed by atoms with van der Waals surface area (Å²) in [6.07, 6.45) is 5.96. The lowest BCUT2D eigenvalue weighted by molar-refractivity contribution is 0.444. The Bertz CT molecular complexity index is 4940. The highest BCUT2D eigenvalue weighted by atomic mass is 15.2. The van der Waals surface area contributed by atoms with Crippen LogP contribution in [0.25, 0.3) is 66.8 Å². The molecular weight excluding hydrogens is 1380 g/mol. The van der Waals surface area contributed by atoms with Crippen molar-refractivity contribution >= 4 is 57.2 Å². The number of nitrogens with zero attached hydrogens (tertiary/aromatic N) is 2. The van der Waals surface area contributed by atoms with Crippen molar-refractivity contribution in [1.82, 2.24) is 0 Å². The highest BCUT2D eigenvalue weighted by Gasteiger charge is 2.47. The van der Waals surface area contributed by atoms with Crippen molar-refractivity contribution in [3.63, 3.8) is 0 Å². The molecule has 0 bridgehead atoms. The van der Waals surface area contributed by atoms with Gasteiger partial charge in [0, 0.05) is 45.0 Å². The van der Waals surface area contributed by atoms with Gasteiger partial charge in [-0.3, -0.25) is 0 Å². The van der Waals surface area contributed by atoms with Crippen molar-refractivity contribution in [2.75, 3.05) is 9.80 Å². The van der Waals surface area contributed by atoms with E-state index in [1.807, 2.05) is 0 Å². The first kappa shape index (κ1) is 82.6. The van der Waals surface area contributed by atoms with E-state index in [1.54, 1.807) is 0 Å². The van der Waals surface area contributed by atoms with Crippen LogP contribution in [0.15, 0.2) is 206 Å². The monoisotopic (exact) mass is 1520 g/mol. The van der Waals surface area contributed by atoms with Crippen LogP contribution in [0.3, 0.4) is 0 Å². The third-order valence-corrected chi connectivity index (χ3v) is 25.8. The Morgan fingerprint density at radius 1 is 0.217 bits per heavy atom. The zero-order valence-corrected chi connectivity index (χ0v) is 76.2. The lowest BCUT2D eigenvalue weighted by Crippen LogP contribution is -2.61. The van der Waals surface area contributed by atoms with E-state index in [9.17, 15) is 0 Å². The summed E-state index contributed by atoms with van der Waals surface area (Å²) >= 11 is 0. The molecule has 596 valence electrons. The molecule has 2 heterocycles. The van der Waals surface area contributed by atoms with E-state index in [4.69, 9.17) is 0 Å². The van der Waals surface area contributed by atoms with Gasteiger partial charge in [0.2, 0.25) is 0 Å². The van der Waals surface area contributed by atoms with Gasteiger partial charge in [-0.05, 0) is 244 Å². The van der Waals surface area contributed by atoms with E-state index in [1.165, 1.54) is 198 Å². The molecule has 3 aliphatic rings. The maximum absolute atomic E-state index is 2.84. The van der Waals surface area contributed by atoms with Crippen LogP contribution < -0.4 is 26.2 Å². The Morgan fingerprint density at radius 2 is 0.452 bits per heavy atom. The van der Waals surface area contributed by atoms with Crippen molar-refractivity contribution in [2.45, 2.75) is 300 Å². The zero-order valence-electron chi connectivity index (χ0n) is 76.2. The molecule has 1 saturated carbocycles. The van der Waals surface area contributed by atoms with Gasteiger partial charge in [-0.2, -0.15) is 0 Å². The minimum Gasteiger partial charge on any atom is -0.310 e. The van der Waals surface area contributed by atoms with Crippen LogP contribution >= 0.6 is 0 Å². The molecule has 0 atom stereocenters. The highest BCUT2D eigenvalue weighted by molar-refractivity contribution is 7.00. The summed E-state index contributed by atoms with van der Waals surface area (Å²) in [5, 5.41) is 0. The van der Waals surface area contributed by atoms with Crippen LogP contribution in [0.5, 0.6) is 0 Å². The van der Waals surface area contributed by atoms with Crippen molar-refractivity contribution in [1.29, 1.82) is 0 Å². The molecule has 1 fully saturated rings. The fourth-order valence-electron chi connectivity index (χ4n) is 18.0. The molecule has 3 heteroatoms. The summed E-state index contributed by atoms with van der Waals surface area (Å²) in [6, 6.07) is 85.3. The zero-order chi connectivity index (χ0) is 83.4. The first-order chi connectivity index (χ1) is 53.3. The minimum absolute atomic E-state index is 0.0450. The molecule has 11 aromatic rings. The van der Waals surface area contributed by atoms with Crippen LogP contribution in [0.1, 0.15) is 307 Å². The Labute approximate surface area is 696 Å². The molecule has 0 radical (unpaired) electrons. The predicted octanol–water partition coefficient (Wildman–Crippen LogP) is 30.8. The summed E-state index contributed by atoms with van der Waals surface area (Å²) in [5.74, 6) is 0.346. The number of anilines is 6. The third-order valence-electron chi connectivity index (χ3n) is 25.8. The van der Waals surface area contributed by atoms with Crippen LogP contribution in [0.4, 0.5) is 34.1 Å². The molecule has 2 aliphatic heterocycles. The average molecular weight is 1520 g/mol. The van der Waals surface area contributed by atoms with Crippen molar-refractivity contribution in [2.24, 2.45) is 0 Å². The molecule has 115 heavy (non-hydrogen) atoms. The van der Waals surface area contributed by atoms with Crippen LogP contribution in [0, 0.1) is 0 Å². The molecular formula is C112H135BN2. The van der Waals surface area contributed by atoms with Gasteiger partial charge in [-0.15, -0.1) is 0 Å². The molecule has 0 N–H and O–H groups in total. The second-order valence-electron chi connectivity index (χ2n) is 45.2. The van der Waals surface area contributed by atoms with Gasteiger partial charge in [0.25, 0.3) is 6.71 Å². The van der Waals surface area contributed by atoms with Crippen molar-refractivity contribution < 1.29 is 0 Å². The minimum atomic E-state index is -0.237. The predicted molar refractivity (Wildman–Crippen MR) is 506 cm³/mol. The SMILES string of the molecule is CC(C)(C)c1ccc(-c2cc(C(C)(C)C)cc(-c3ccc(C(C)(C)C)cc3)c2N2c3ccc(-c4cc(C(C)(C)C)cc(C(C)(C)C)c4)cc3B3c4cc(-c5cc(C(C)(C)C)cc(C(C)(C)C)c5)ccc4N(c4c(-c5ccc(C(C)(C)C)cc5)cc(C(C)(C)C)cc4-c4ccc(C(C)(C)C)cc4)c4cc(C5CCCCC5)cc2c43)cc1. The van der Waals surface area contributed by atoms with Gasteiger partial charge in [0.05, 0.1) is 11.4 Å². The summed E-state index contributed by atoms with van der Waals surface area (Å²) in [6.45, 7) is 71.0. The van der Waals surface area contributed by atoms with Gasteiger partial charge in [0.1, 0.15) is 0 Å². The molecule has 11 aromatic carbocycles. The van der Waals surface area contributed by atoms with Crippen LogP contribution in [-0.2, 0) is 54.1 Å². The Balaban J connectivity index is 1.23. The molecule has 14 rings (SSSR count). The van der Waals surface area contributed by atoms with Gasteiger partial charge >= 0.3 is 0 Å². The second-order valence-corrected chi connectivity index (χ2v) is 45.2. The van der Waals surface area contributed by atoms with Gasteiger partial charge in [-0.25, -0.2) is 0 Å². The van der Waals surface area contributed by atoms with Gasteiger partial charge in [-0.1, -0.05) is 385 Å². The quantitative estimate of drug-likeness (QED) is 0.133. The largest absolute Gasteiger partial charge is 0.310 e. The third kappa shape index (κ3) is 16.4. The van der Waals surface area contributed by atoms with Crippen LogP contribution in [0.2, 0.25) is 0 Å². The summed E-state index contributed by atoms with van der Waals surface area (Å²) in [5.41, 5.74) is 39.7. The first-order valence-corrected chi connectivity index (χ1v) is 43.5. The van der Waals surface area contributed by atoms with E-state index in [2.05, 4.69) is 424 Å². The fraction of sp³-hybridized carbons (Fsp3) is 0.411. The normalized spacial score (nSPS) is 14.8. The number of fused-ring (bicyclic) bond motifs is 4. The molecule has 2 nitrogen and oxygen atoms in total. The van der Waals surface area contributed by atoms with Crippen molar-refractivity contribution in [3.8, 4) is 66.8 Å². The van der Waals surface area contributed by atoms with Crippen molar-refractivity contribution in [3.05, 3.63) is 267 Å². The average Bonchev–Trinajstić information content (AvgIpc) is 0.684. The summed E-state index contributed by atoms with van der Waals surface area (Å²) < 4.78 is 0. The molecule has 1 aliphatic carbocycles. The molecule has 0 spiro atoms. The van der Waals surface area contributed by atoms with E-state index >= 15 is 0 Å². The number of benzene rings is 11. The topological polar surface area (TPSA) is 6.48 Å². The van der Waals surface area contributed by atoms with Gasteiger partial charge < -0.3 is 9.80 Å². The second kappa shape index (κ2) is 29.0. The Kier molecular flexibility index (Phi) is 20.8. The first-order valence-electron chi connectivity index (χ1n) is 43.5. The molecule has 0 unspecified atom stereocenters. The van der Waals surface area contributed by atoms with Gasteiger partial charge in [0.15, 0.2) is 0 Å². The van der Waals surface area contributed by atoms with E-state index in [0.29, 0.717) is 5.92 Å². The molecule has 0 amide bonds. The Morgan fingerprint density at radius 3 is 0.696 bits per heavy atom. The smallest absolute Gasteiger partial charge is 0.252 e. The molecule has 0 saturated heterocycles. The maximum Gasteiger partial charge on any atom is 0.252 e. The van der Waals surface area contributed by atoms with Crippen LogP contribution in [-0.4, -0.2) is 6.71 Å². The van der Waals surface area contributed by atoms with E-state index in [0.717, 1.165) is 12.8 Å². The Hall–Kier alpha value is -8.92. The highest BCUT2D eigenvalue weighted by Crippen LogP contribution is 2.57.